The van der Waals surface area contributed by atoms with E-state index in [1.54, 1.807) is 6.92 Å². The molecule has 1 heterocycles. The molecule has 0 spiro atoms. The summed E-state index contributed by atoms with van der Waals surface area (Å²) < 4.78 is 39.7. The zero-order valence-corrected chi connectivity index (χ0v) is 12.5. The molecule has 0 amide bonds. The monoisotopic (exact) mass is 315 g/mol. The number of halogens is 1. The van der Waals surface area contributed by atoms with Gasteiger partial charge in [-0.05, 0) is 37.5 Å². The summed E-state index contributed by atoms with van der Waals surface area (Å²) in [5.74, 6) is -0.588. The van der Waals surface area contributed by atoms with E-state index in [9.17, 15) is 12.8 Å². The van der Waals surface area contributed by atoms with E-state index in [1.165, 1.54) is 16.4 Å². The van der Waals surface area contributed by atoms with Crippen LogP contribution in [-0.2, 0) is 10.0 Å². The summed E-state index contributed by atoms with van der Waals surface area (Å²) in [5.41, 5.74) is 6.05. The second-order valence-corrected chi connectivity index (χ2v) is 7.02. The molecular weight excluding hydrogens is 297 g/mol. The van der Waals surface area contributed by atoms with Crippen molar-refractivity contribution < 1.29 is 18.0 Å². The van der Waals surface area contributed by atoms with Gasteiger partial charge in [-0.1, -0.05) is 11.2 Å². The third kappa shape index (κ3) is 3.16. The highest BCUT2D eigenvalue weighted by molar-refractivity contribution is 7.89. The van der Waals surface area contributed by atoms with Crippen LogP contribution >= 0.6 is 0 Å². The average molecular weight is 315 g/mol. The molecule has 0 aliphatic carbocycles. The lowest BCUT2D eigenvalue weighted by atomic mass is 9.97. The number of hydrogen-bond donors (Lipinski definition) is 2. The average Bonchev–Trinajstić information content (AvgIpc) is 2.49. The van der Waals surface area contributed by atoms with Crippen molar-refractivity contribution in [2.75, 3.05) is 13.1 Å². The Morgan fingerprint density at radius 3 is 2.62 bits per heavy atom. The lowest BCUT2D eigenvalue weighted by Gasteiger charge is -2.30. The molecule has 0 unspecified atom stereocenters. The number of benzene rings is 1. The third-order valence-electron chi connectivity index (χ3n) is 3.76. The van der Waals surface area contributed by atoms with Gasteiger partial charge in [-0.2, -0.15) is 4.31 Å². The van der Waals surface area contributed by atoms with Crippen LogP contribution in [0.5, 0.6) is 0 Å². The van der Waals surface area contributed by atoms with Crippen LogP contribution in [0.1, 0.15) is 18.4 Å². The van der Waals surface area contributed by atoms with Gasteiger partial charge < -0.3 is 10.9 Å². The standard InChI is InChI=1S/C13H18FN3O3S/c1-9-2-3-11(14)8-12(9)21(19,20)17-6-4-10(5-7-17)13(15)16-18/h2-3,8,10,18H,4-7H2,1H3,(H2,15,16). The maximum absolute atomic E-state index is 13.3. The summed E-state index contributed by atoms with van der Waals surface area (Å²) >= 11 is 0. The molecule has 1 fully saturated rings. The molecule has 1 aromatic rings. The van der Waals surface area contributed by atoms with Crippen LogP contribution in [0.3, 0.4) is 0 Å². The molecule has 3 N–H and O–H groups in total. The van der Waals surface area contributed by atoms with Gasteiger partial charge in [-0.25, -0.2) is 12.8 Å². The SMILES string of the molecule is Cc1ccc(F)cc1S(=O)(=O)N1CCC(C(N)=NO)CC1. The quantitative estimate of drug-likeness (QED) is 0.380. The van der Waals surface area contributed by atoms with Crippen LogP contribution < -0.4 is 5.73 Å². The molecular formula is C13H18FN3O3S. The van der Waals surface area contributed by atoms with Crippen LogP contribution in [0.25, 0.3) is 0 Å². The fourth-order valence-electron chi connectivity index (χ4n) is 2.46. The van der Waals surface area contributed by atoms with Crippen molar-refractivity contribution in [1.82, 2.24) is 4.31 Å². The summed E-state index contributed by atoms with van der Waals surface area (Å²) in [6.07, 6.45) is 0.951. The number of rotatable bonds is 3. The van der Waals surface area contributed by atoms with Crippen LogP contribution in [0.15, 0.2) is 28.3 Å². The molecule has 0 bridgehead atoms. The largest absolute Gasteiger partial charge is 0.409 e. The molecule has 1 aliphatic rings. The molecule has 1 aliphatic heterocycles. The molecule has 2 rings (SSSR count). The fraction of sp³-hybridized carbons (Fsp3) is 0.462. The smallest absolute Gasteiger partial charge is 0.243 e. The maximum atomic E-state index is 13.3. The highest BCUT2D eigenvalue weighted by Gasteiger charge is 2.31. The number of oxime groups is 1. The molecule has 1 saturated heterocycles. The van der Waals surface area contributed by atoms with Crippen LogP contribution in [-0.4, -0.2) is 36.9 Å². The lowest BCUT2D eigenvalue weighted by molar-refractivity contribution is 0.291. The molecule has 0 radical (unpaired) electrons. The highest BCUT2D eigenvalue weighted by atomic mass is 32.2. The molecule has 0 aromatic heterocycles. The van der Waals surface area contributed by atoms with Gasteiger partial charge in [0.25, 0.3) is 0 Å². The van der Waals surface area contributed by atoms with E-state index in [-0.39, 0.29) is 29.7 Å². The number of sulfonamides is 1. The van der Waals surface area contributed by atoms with Gasteiger partial charge in [0, 0.05) is 19.0 Å². The minimum absolute atomic E-state index is 0.00949. The number of hydrogen-bond acceptors (Lipinski definition) is 4. The van der Waals surface area contributed by atoms with Crippen LogP contribution in [0, 0.1) is 18.7 Å². The maximum Gasteiger partial charge on any atom is 0.243 e. The van der Waals surface area contributed by atoms with E-state index < -0.39 is 15.8 Å². The summed E-state index contributed by atoms with van der Waals surface area (Å²) in [6.45, 7) is 2.16. The van der Waals surface area contributed by atoms with Gasteiger partial charge in [0.1, 0.15) is 11.7 Å². The van der Waals surface area contributed by atoms with Gasteiger partial charge in [-0.3, -0.25) is 0 Å². The van der Waals surface area contributed by atoms with Crippen molar-refractivity contribution in [2.45, 2.75) is 24.7 Å². The normalized spacial score (nSPS) is 18.9. The Bertz CT molecular complexity index is 653. The van der Waals surface area contributed by atoms with E-state index in [2.05, 4.69) is 5.16 Å². The van der Waals surface area contributed by atoms with Gasteiger partial charge in [-0.15, -0.1) is 0 Å². The zero-order valence-electron chi connectivity index (χ0n) is 11.7. The first-order chi connectivity index (χ1) is 9.86. The molecule has 6 nitrogen and oxygen atoms in total. The summed E-state index contributed by atoms with van der Waals surface area (Å²) in [7, 11) is -3.72. The van der Waals surface area contributed by atoms with E-state index >= 15 is 0 Å². The van der Waals surface area contributed by atoms with Crippen molar-refractivity contribution in [2.24, 2.45) is 16.8 Å². The number of nitrogens with two attached hydrogens (primary N) is 1. The fourth-order valence-corrected chi connectivity index (χ4v) is 4.17. The third-order valence-corrected chi connectivity index (χ3v) is 5.80. The number of amidine groups is 1. The van der Waals surface area contributed by atoms with Gasteiger partial charge in [0.05, 0.1) is 4.90 Å². The van der Waals surface area contributed by atoms with Gasteiger partial charge in [0.2, 0.25) is 10.0 Å². The van der Waals surface area contributed by atoms with E-state index in [1.807, 2.05) is 0 Å². The Morgan fingerprint density at radius 1 is 1.43 bits per heavy atom. The second-order valence-electron chi connectivity index (χ2n) is 5.11. The Hall–Kier alpha value is -1.67. The molecule has 1 aromatic carbocycles. The topological polar surface area (TPSA) is 96.0 Å². The molecule has 0 saturated carbocycles. The second kappa shape index (κ2) is 5.98. The lowest BCUT2D eigenvalue weighted by Crippen LogP contribution is -2.41. The predicted octanol–water partition coefficient (Wildman–Crippen LogP) is 1.28. The number of nitrogens with zero attached hydrogens (tertiary/aromatic N) is 2. The van der Waals surface area contributed by atoms with Crippen molar-refractivity contribution in [3.63, 3.8) is 0 Å². The number of piperidine rings is 1. The Morgan fingerprint density at radius 2 is 2.05 bits per heavy atom. The van der Waals surface area contributed by atoms with Gasteiger partial charge >= 0.3 is 0 Å². The molecule has 21 heavy (non-hydrogen) atoms. The summed E-state index contributed by atoms with van der Waals surface area (Å²) in [6, 6.07) is 3.73. The first-order valence-corrected chi connectivity index (χ1v) is 8.04. The first kappa shape index (κ1) is 15.7. The zero-order chi connectivity index (χ0) is 15.6. The Balaban J connectivity index is 2.21. The molecule has 0 atom stereocenters. The Labute approximate surface area is 123 Å². The van der Waals surface area contributed by atoms with Crippen molar-refractivity contribution >= 4 is 15.9 Å². The predicted molar refractivity (Wildman–Crippen MR) is 76.0 cm³/mol. The molecule has 8 heteroatoms. The van der Waals surface area contributed by atoms with Crippen LogP contribution in [0.2, 0.25) is 0 Å². The van der Waals surface area contributed by atoms with Crippen molar-refractivity contribution in [1.29, 1.82) is 0 Å². The highest BCUT2D eigenvalue weighted by Crippen LogP contribution is 2.26. The van der Waals surface area contributed by atoms with Gasteiger partial charge in [0.15, 0.2) is 0 Å². The van der Waals surface area contributed by atoms with E-state index in [0.29, 0.717) is 18.4 Å². The minimum Gasteiger partial charge on any atom is -0.409 e. The van der Waals surface area contributed by atoms with Crippen LogP contribution in [0.4, 0.5) is 4.39 Å². The Kier molecular flexibility index (Phi) is 4.48. The van der Waals surface area contributed by atoms with E-state index in [0.717, 1.165) is 6.07 Å². The summed E-state index contributed by atoms with van der Waals surface area (Å²) in [5, 5.41) is 11.6. The summed E-state index contributed by atoms with van der Waals surface area (Å²) in [4.78, 5) is -0.00949. The minimum atomic E-state index is -3.72. The molecule has 116 valence electrons. The van der Waals surface area contributed by atoms with Crippen molar-refractivity contribution in [3.05, 3.63) is 29.6 Å². The van der Waals surface area contributed by atoms with Crippen molar-refractivity contribution in [3.8, 4) is 0 Å². The number of aryl methyl sites for hydroxylation is 1. The van der Waals surface area contributed by atoms with E-state index in [4.69, 9.17) is 10.9 Å². The first-order valence-electron chi connectivity index (χ1n) is 6.60.